The van der Waals surface area contributed by atoms with Gasteiger partial charge in [0.1, 0.15) is 0 Å². The zero-order valence-electron chi connectivity index (χ0n) is 11.1. The molecule has 0 aliphatic heterocycles. The minimum absolute atomic E-state index is 1.07. The average Bonchev–Trinajstić information content (AvgIpc) is 2.18. The first-order chi connectivity index (χ1) is 7.10. The van der Waals surface area contributed by atoms with Gasteiger partial charge >= 0.3 is 101 Å². The van der Waals surface area contributed by atoms with Crippen LogP contribution in [0.1, 0.15) is 34.6 Å². The molecule has 0 spiro atoms. The summed E-state index contributed by atoms with van der Waals surface area (Å²) in [6.07, 6.45) is 8.99. The predicted molar refractivity (Wildman–Crippen MR) is 68.1 cm³/mol. The van der Waals surface area contributed by atoms with Gasteiger partial charge in [0.15, 0.2) is 0 Å². The van der Waals surface area contributed by atoms with E-state index in [0.717, 1.165) is 0 Å². The second-order valence-corrected chi connectivity index (χ2v) is 14.8. The maximum atomic E-state index is 2.45. The van der Waals surface area contributed by atoms with Crippen molar-refractivity contribution in [2.45, 2.75) is 49.7 Å². The predicted octanol–water partition coefficient (Wildman–Crippen LogP) is 5.37. The SMILES string of the molecule is C[CH2][Zn]([CH2]C)[CH2]C=C(C)C=CC=C(C)C. The molecule has 0 heterocycles. The number of allylic oxidation sites excluding steroid dienone is 6. The summed E-state index contributed by atoms with van der Waals surface area (Å²) in [5, 5.41) is 4.42. The van der Waals surface area contributed by atoms with E-state index in [-0.39, 0.29) is 0 Å². The molecule has 83 valence electrons. The zero-order valence-corrected chi connectivity index (χ0v) is 14.1. The summed E-state index contributed by atoms with van der Waals surface area (Å²) in [6.45, 7) is 11.2. The Bertz CT molecular complexity index is 238. The van der Waals surface area contributed by atoms with Crippen LogP contribution in [0.15, 0.2) is 35.5 Å². The van der Waals surface area contributed by atoms with Crippen LogP contribution >= 0.6 is 0 Å². The Hall–Kier alpha value is -0.157. The average molecular weight is 259 g/mol. The molecule has 0 atom stereocenters. The molecule has 0 radical (unpaired) electrons. The van der Waals surface area contributed by atoms with E-state index < -0.39 is 16.0 Å². The van der Waals surface area contributed by atoms with Gasteiger partial charge in [-0.3, -0.25) is 0 Å². The van der Waals surface area contributed by atoms with E-state index in [1.165, 1.54) is 26.2 Å². The molecule has 0 aliphatic carbocycles. The molecule has 0 fully saturated rings. The molecule has 0 aliphatic rings. The fourth-order valence-corrected chi connectivity index (χ4v) is 6.66. The van der Waals surface area contributed by atoms with Crippen LogP contribution in [0.3, 0.4) is 0 Å². The molecule has 0 aromatic rings. The van der Waals surface area contributed by atoms with E-state index in [0.29, 0.717) is 0 Å². The van der Waals surface area contributed by atoms with Crippen molar-refractivity contribution in [3.05, 3.63) is 35.5 Å². The number of rotatable bonds is 6. The van der Waals surface area contributed by atoms with Gasteiger partial charge in [-0.25, -0.2) is 0 Å². The molecular formula is C14H25Zn. The molecule has 0 aromatic carbocycles. The second kappa shape index (κ2) is 9.10. The number of hydrogen-bond donors (Lipinski definition) is 0. The fraction of sp³-hybridized carbons (Fsp3) is 0.571. The summed E-state index contributed by atoms with van der Waals surface area (Å²) in [5.74, 6) is 0. The second-order valence-electron chi connectivity index (χ2n) is 4.90. The molecule has 0 unspecified atom stereocenters. The van der Waals surface area contributed by atoms with Gasteiger partial charge in [-0.2, -0.15) is 0 Å². The number of hydrogen-bond acceptors (Lipinski definition) is 0. The molecule has 0 nitrogen and oxygen atoms in total. The van der Waals surface area contributed by atoms with E-state index in [1.807, 2.05) is 0 Å². The summed E-state index contributed by atoms with van der Waals surface area (Å²) in [7, 11) is 0. The topological polar surface area (TPSA) is 0 Å². The van der Waals surface area contributed by atoms with Crippen LogP contribution in [-0.4, -0.2) is 0 Å². The van der Waals surface area contributed by atoms with E-state index in [1.54, 1.807) is 0 Å². The van der Waals surface area contributed by atoms with E-state index in [4.69, 9.17) is 0 Å². The Labute approximate surface area is 101 Å². The minimum atomic E-state index is -1.07. The van der Waals surface area contributed by atoms with Crippen molar-refractivity contribution in [2.24, 2.45) is 0 Å². The Morgan fingerprint density at radius 2 is 1.67 bits per heavy atom. The first-order valence-electron chi connectivity index (χ1n) is 6.36. The Morgan fingerprint density at radius 3 is 2.13 bits per heavy atom. The van der Waals surface area contributed by atoms with Gasteiger partial charge < -0.3 is 0 Å². The molecule has 0 bridgehead atoms. The monoisotopic (exact) mass is 257 g/mol. The summed E-state index contributed by atoms with van der Waals surface area (Å²) in [5.41, 5.74) is 2.79. The maximum absolute atomic E-state index is 2.45. The van der Waals surface area contributed by atoms with Gasteiger partial charge in [0.25, 0.3) is 0 Å². The van der Waals surface area contributed by atoms with Crippen molar-refractivity contribution in [1.29, 1.82) is 0 Å². The quantitative estimate of drug-likeness (QED) is 0.444. The molecule has 0 N–H and O–H groups in total. The molecule has 15 heavy (non-hydrogen) atoms. The molecule has 0 rings (SSSR count). The van der Waals surface area contributed by atoms with E-state index in [2.05, 4.69) is 58.9 Å². The van der Waals surface area contributed by atoms with E-state index >= 15 is 0 Å². The Kier molecular flexibility index (Phi) is 9.00. The van der Waals surface area contributed by atoms with Gasteiger partial charge in [-0.1, -0.05) is 0 Å². The van der Waals surface area contributed by atoms with Crippen LogP contribution in [0.5, 0.6) is 0 Å². The molecule has 0 amide bonds. The van der Waals surface area contributed by atoms with Gasteiger partial charge in [0.05, 0.1) is 0 Å². The van der Waals surface area contributed by atoms with Crippen molar-refractivity contribution >= 4 is 0 Å². The van der Waals surface area contributed by atoms with Crippen LogP contribution in [0.2, 0.25) is 15.0 Å². The van der Waals surface area contributed by atoms with Crippen LogP contribution in [0.25, 0.3) is 0 Å². The fourth-order valence-electron chi connectivity index (χ4n) is 1.65. The summed E-state index contributed by atoms with van der Waals surface area (Å²) >= 11 is -1.07. The molecular weight excluding hydrogens is 234 g/mol. The Balaban J connectivity index is 4.09. The van der Waals surface area contributed by atoms with Crippen molar-refractivity contribution < 1.29 is 16.0 Å². The summed E-state index contributed by atoms with van der Waals surface area (Å²) in [6, 6.07) is 0. The molecule has 1 heteroatoms. The van der Waals surface area contributed by atoms with Crippen LogP contribution in [0, 0.1) is 0 Å². The standard InChI is InChI=1S/C10H15.2C2H5.Zn/c1-5-10(4)8-6-7-9(2)3;2*1-2;/h5-8H,1H2,2-4H3;2*1H2,2H3;. The summed E-state index contributed by atoms with van der Waals surface area (Å²) in [4.78, 5) is 0. The van der Waals surface area contributed by atoms with Crippen molar-refractivity contribution in [3.8, 4) is 0 Å². The van der Waals surface area contributed by atoms with Crippen LogP contribution in [-0.2, 0) is 16.0 Å². The normalized spacial score (nSPS) is 11.9. The van der Waals surface area contributed by atoms with Gasteiger partial charge in [-0.05, 0) is 0 Å². The zero-order chi connectivity index (χ0) is 11.7. The van der Waals surface area contributed by atoms with Crippen LogP contribution < -0.4 is 0 Å². The third kappa shape index (κ3) is 8.81. The van der Waals surface area contributed by atoms with E-state index in [9.17, 15) is 0 Å². The van der Waals surface area contributed by atoms with Crippen molar-refractivity contribution in [3.63, 3.8) is 0 Å². The first kappa shape index (κ1) is 14.8. The Morgan fingerprint density at radius 1 is 1.07 bits per heavy atom. The molecule has 0 saturated heterocycles. The third-order valence-corrected chi connectivity index (χ3v) is 11.3. The van der Waals surface area contributed by atoms with Gasteiger partial charge in [0, 0.05) is 0 Å². The molecule has 0 aromatic heterocycles. The summed E-state index contributed by atoms with van der Waals surface area (Å²) < 4.78 is 0. The first-order valence-corrected chi connectivity index (χ1v) is 12.6. The van der Waals surface area contributed by atoms with Crippen LogP contribution in [0.4, 0.5) is 0 Å². The van der Waals surface area contributed by atoms with Crippen molar-refractivity contribution in [2.75, 3.05) is 0 Å². The van der Waals surface area contributed by atoms with Gasteiger partial charge in [-0.15, -0.1) is 0 Å². The third-order valence-electron chi connectivity index (χ3n) is 3.08. The van der Waals surface area contributed by atoms with Gasteiger partial charge in [0.2, 0.25) is 0 Å². The molecule has 0 saturated carbocycles. The van der Waals surface area contributed by atoms with Crippen molar-refractivity contribution in [1.82, 2.24) is 0 Å².